The average molecular weight is 314 g/mol. The van der Waals surface area contributed by atoms with Crippen molar-refractivity contribution in [2.24, 2.45) is 5.92 Å². The second-order valence-electron chi connectivity index (χ2n) is 5.93. The third-order valence-corrected chi connectivity index (χ3v) is 7.40. The molecule has 3 nitrogen and oxygen atoms in total. The summed E-state index contributed by atoms with van der Waals surface area (Å²) >= 11 is 0. The second kappa shape index (κ2) is 5.16. The molecule has 2 saturated heterocycles. The molecule has 0 amide bonds. The molecule has 2 aliphatic heterocycles. The minimum absolute atomic E-state index is 0.0424. The van der Waals surface area contributed by atoms with Crippen molar-refractivity contribution in [3.05, 3.63) is 35.4 Å². The summed E-state index contributed by atoms with van der Waals surface area (Å²) < 4.78 is 50.7. The molecule has 2 unspecified atom stereocenters. The molecule has 0 radical (unpaired) electrons. The van der Waals surface area contributed by atoms with Crippen molar-refractivity contribution in [1.29, 1.82) is 0 Å². The highest BCUT2D eigenvalue weighted by Crippen LogP contribution is 2.41. The van der Waals surface area contributed by atoms with Gasteiger partial charge in [-0.1, -0.05) is 12.1 Å². The molecule has 0 saturated carbocycles. The molecule has 2 aliphatic rings. The van der Waals surface area contributed by atoms with E-state index in [1.165, 1.54) is 12.1 Å². The molecule has 2 atom stereocenters. The number of Topliss-reactive ketones (excluding diaryl/α,β-unsaturated/α-hetero) is 1. The van der Waals surface area contributed by atoms with Crippen LogP contribution in [-0.4, -0.2) is 24.7 Å². The van der Waals surface area contributed by atoms with Gasteiger partial charge in [-0.15, -0.1) is 0 Å². The van der Waals surface area contributed by atoms with Crippen molar-refractivity contribution in [1.82, 2.24) is 0 Å². The van der Waals surface area contributed by atoms with Gasteiger partial charge >= 0.3 is 0 Å². The Balaban J connectivity index is 1.74. The fraction of sp³-hybridized carbons (Fsp3) is 0.533. The molecule has 1 aromatic carbocycles. The van der Waals surface area contributed by atoms with Gasteiger partial charge in [0.2, 0.25) is 0 Å². The predicted octanol–water partition coefficient (Wildman–Crippen LogP) is 2.43. The van der Waals surface area contributed by atoms with Gasteiger partial charge in [0.25, 0.3) is 0 Å². The van der Waals surface area contributed by atoms with Crippen LogP contribution in [-0.2, 0) is 21.1 Å². The average Bonchev–Trinajstić information content (AvgIpc) is 2.64. The number of benzene rings is 1. The maximum atomic E-state index is 13.6. The third-order valence-electron chi connectivity index (χ3n) is 4.69. The summed E-state index contributed by atoms with van der Waals surface area (Å²) in [5, 5.41) is -0.856. The van der Waals surface area contributed by atoms with Gasteiger partial charge in [-0.3, -0.25) is 4.79 Å². The van der Waals surface area contributed by atoms with Crippen molar-refractivity contribution in [3.63, 3.8) is 0 Å². The molecule has 2 heterocycles. The number of sulfone groups is 1. The fourth-order valence-corrected chi connectivity index (χ4v) is 5.96. The number of ketones is 1. The number of fused-ring (bicyclic) bond motifs is 2. The summed E-state index contributed by atoms with van der Waals surface area (Å²) in [6.45, 7) is 0. The summed E-state index contributed by atoms with van der Waals surface area (Å²) in [4.78, 5) is 12.3. The van der Waals surface area contributed by atoms with Gasteiger partial charge in [-0.2, -0.15) is 0 Å². The normalized spacial score (nSPS) is 30.3. The Bertz CT molecular complexity index is 664. The minimum Gasteiger partial charge on any atom is -0.299 e. The summed E-state index contributed by atoms with van der Waals surface area (Å²) in [7, 11) is -3.07. The van der Waals surface area contributed by atoms with E-state index in [9.17, 15) is 22.0 Å². The third kappa shape index (κ3) is 2.50. The number of carbonyl (C=O) groups excluding carboxylic acids is 1. The molecule has 6 heteroatoms. The van der Waals surface area contributed by atoms with E-state index in [0.29, 0.717) is 25.7 Å². The fourth-order valence-electron chi connectivity index (χ4n) is 3.49. The highest BCUT2D eigenvalue weighted by Gasteiger charge is 2.48. The Morgan fingerprint density at radius 2 is 1.76 bits per heavy atom. The molecule has 0 aromatic heterocycles. The molecule has 2 bridgehead atoms. The Labute approximate surface area is 122 Å². The summed E-state index contributed by atoms with van der Waals surface area (Å²) in [6, 6.07) is 3.78. The van der Waals surface area contributed by atoms with Crippen molar-refractivity contribution >= 4 is 15.6 Å². The molecule has 0 spiro atoms. The lowest BCUT2D eigenvalue weighted by Gasteiger charge is -2.27. The maximum absolute atomic E-state index is 13.6. The van der Waals surface area contributed by atoms with Crippen LogP contribution in [0.15, 0.2) is 18.2 Å². The summed E-state index contributed by atoms with van der Waals surface area (Å²) in [5.41, 5.74) is 0.0424. The minimum atomic E-state index is -3.07. The van der Waals surface area contributed by atoms with Crippen LogP contribution in [0.25, 0.3) is 0 Å². The van der Waals surface area contributed by atoms with Gasteiger partial charge in [0.05, 0.1) is 10.5 Å². The molecule has 21 heavy (non-hydrogen) atoms. The molecule has 0 aliphatic carbocycles. The Kier molecular flexibility index (Phi) is 3.59. The van der Waals surface area contributed by atoms with Gasteiger partial charge in [-0.05, 0) is 37.3 Å². The van der Waals surface area contributed by atoms with Gasteiger partial charge in [-0.25, -0.2) is 17.2 Å². The Morgan fingerprint density at radius 3 is 2.38 bits per heavy atom. The first-order valence-electron chi connectivity index (χ1n) is 7.08. The van der Waals surface area contributed by atoms with E-state index >= 15 is 0 Å². The smallest absolute Gasteiger partial charge is 0.162 e. The number of hydrogen-bond acceptors (Lipinski definition) is 3. The zero-order chi connectivity index (χ0) is 15.2. The van der Waals surface area contributed by atoms with Gasteiger partial charge < -0.3 is 0 Å². The van der Waals surface area contributed by atoms with E-state index < -0.39 is 32.0 Å². The van der Waals surface area contributed by atoms with E-state index in [2.05, 4.69) is 0 Å². The lowest BCUT2D eigenvalue weighted by atomic mass is 9.90. The number of rotatable bonds is 3. The van der Waals surface area contributed by atoms with Crippen molar-refractivity contribution in [2.75, 3.05) is 0 Å². The zero-order valence-electron chi connectivity index (χ0n) is 11.4. The highest BCUT2D eigenvalue weighted by molar-refractivity contribution is 7.93. The van der Waals surface area contributed by atoms with E-state index in [1.54, 1.807) is 0 Å². The quantitative estimate of drug-likeness (QED) is 0.861. The van der Waals surface area contributed by atoms with Crippen LogP contribution in [0.4, 0.5) is 8.78 Å². The maximum Gasteiger partial charge on any atom is 0.162 e. The van der Waals surface area contributed by atoms with Gasteiger partial charge in [0.1, 0.15) is 5.78 Å². The van der Waals surface area contributed by atoms with Crippen LogP contribution in [0.2, 0.25) is 0 Å². The molecule has 114 valence electrons. The first kappa shape index (κ1) is 14.6. The van der Waals surface area contributed by atoms with Crippen LogP contribution < -0.4 is 0 Å². The molecule has 1 aromatic rings. The van der Waals surface area contributed by atoms with Crippen molar-refractivity contribution < 1.29 is 22.0 Å². The van der Waals surface area contributed by atoms with Crippen LogP contribution >= 0.6 is 0 Å². The van der Waals surface area contributed by atoms with Crippen LogP contribution in [0.1, 0.15) is 31.2 Å². The molecular weight excluding hydrogens is 298 g/mol. The Hall–Kier alpha value is -1.30. The van der Waals surface area contributed by atoms with E-state index in [1.807, 2.05) is 0 Å². The Morgan fingerprint density at radius 1 is 1.14 bits per heavy atom. The van der Waals surface area contributed by atoms with Crippen molar-refractivity contribution in [3.8, 4) is 0 Å². The van der Waals surface area contributed by atoms with E-state index in [4.69, 9.17) is 0 Å². The van der Waals surface area contributed by atoms with E-state index in [-0.39, 0.29) is 23.7 Å². The van der Waals surface area contributed by atoms with Crippen molar-refractivity contribution in [2.45, 2.75) is 42.6 Å². The van der Waals surface area contributed by atoms with Crippen LogP contribution in [0.3, 0.4) is 0 Å². The van der Waals surface area contributed by atoms with Gasteiger partial charge in [0, 0.05) is 12.3 Å². The van der Waals surface area contributed by atoms with Crippen LogP contribution in [0, 0.1) is 17.6 Å². The number of hydrogen-bond donors (Lipinski definition) is 0. The predicted molar refractivity (Wildman–Crippen MR) is 73.5 cm³/mol. The first-order valence-corrected chi connectivity index (χ1v) is 8.69. The molecule has 0 N–H and O–H groups in total. The van der Waals surface area contributed by atoms with Crippen LogP contribution in [0.5, 0.6) is 0 Å². The monoisotopic (exact) mass is 314 g/mol. The number of carbonyl (C=O) groups is 1. The number of halogens is 2. The lowest BCUT2D eigenvalue weighted by molar-refractivity contribution is -0.122. The largest absolute Gasteiger partial charge is 0.299 e. The second-order valence-corrected chi connectivity index (χ2v) is 8.45. The summed E-state index contributed by atoms with van der Waals surface area (Å²) in [6.07, 6.45) is 1.72. The van der Waals surface area contributed by atoms with Gasteiger partial charge in [0.15, 0.2) is 21.5 Å². The molecule has 2 fully saturated rings. The summed E-state index contributed by atoms with van der Waals surface area (Å²) in [5.74, 6) is -2.50. The topological polar surface area (TPSA) is 51.2 Å². The molecular formula is C15H16F2O3S. The lowest BCUT2D eigenvalue weighted by Crippen LogP contribution is -2.36. The SMILES string of the molecule is O=C(Cc1cccc(F)c1F)C1CC2CCC(C1)S2(=O)=O. The molecule has 3 rings (SSSR count). The first-order chi connectivity index (χ1) is 9.89. The highest BCUT2D eigenvalue weighted by atomic mass is 32.2. The van der Waals surface area contributed by atoms with E-state index in [0.717, 1.165) is 6.07 Å². The zero-order valence-corrected chi connectivity index (χ0v) is 12.2. The standard InChI is InChI=1S/C15H16F2O3S/c16-13-3-1-2-9(15(13)17)8-14(18)10-6-11-4-5-12(7-10)21(11,19)20/h1-3,10-12H,4-8H2.